The van der Waals surface area contributed by atoms with Crippen LogP contribution in [0, 0.1) is 0 Å². The van der Waals surface area contributed by atoms with Crippen molar-refractivity contribution < 1.29 is 9.53 Å². The summed E-state index contributed by atoms with van der Waals surface area (Å²) in [5.74, 6) is -0.490. The third kappa shape index (κ3) is 4.24. The second-order valence-corrected chi connectivity index (χ2v) is 8.79. The highest BCUT2D eigenvalue weighted by atomic mass is 35.5. The van der Waals surface area contributed by atoms with E-state index in [-0.39, 0.29) is 12.2 Å². The van der Waals surface area contributed by atoms with E-state index in [4.69, 9.17) is 27.9 Å². The van der Waals surface area contributed by atoms with Crippen LogP contribution in [0.3, 0.4) is 0 Å². The molecule has 0 unspecified atom stereocenters. The molecule has 0 amide bonds. The SMILES string of the molecule is CCOC(=O)C1=C(C)N=c2s/c(=C/c3ccc(Cl)cc3)c(=O)n2[C@H]1c1ccc(Cl)cc1. The molecule has 31 heavy (non-hydrogen) atoms. The number of thiazole rings is 1. The van der Waals surface area contributed by atoms with E-state index in [2.05, 4.69) is 4.99 Å². The quantitative estimate of drug-likeness (QED) is 0.536. The molecule has 0 bridgehead atoms. The van der Waals surface area contributed by atoms with E-state index < -0.39 is 12.0 Å². The van der Waals surface area contributed by atoms with Crippen LogP contribution in [0.1, 0.15) is 31.0 Å². The molecule has 1 atom stereocenters. The predicted molar refractivity (Wildman–Crippen MR) is 123 cm³/mol. The van der Waals surface area contributed by atoms with Crippen molar-refractivity contribution in [3.05, 3.63) is 101 Å². The summed E-state index contributed by atoms with van der Waals surface area (Å²) >= 11 is 13.3. The summed E-state index contributed by atoms with van der Waals surface area (Å²) in [5, 5.41) is 1.19. The van der Waals surface area contributed by atoms with Crippen molar-refractivity contribution in [2.45, 2.75) is 19.9 Å². The first-order valence-corrected chi connectivity index (χ1v) is 11.2. The number of halogens is 2. The van der Waals surface area contributed by atoms with Gasteiger partial charge in [-0.25, -0.2) is 9.79 Å². The van der Waals surface area contributed by atoms with Crippen LogP contribution in [0.4, 0.5) is 0 Å². The molecule has 5 nitrogen and oxygen atoms in total. The van der Waals surface area contributed by atoms with Crippen LogP contribution in [-0.2, 0) is 9.53 Å². The minimum atomic E-state index is -0.653. The predicted octanol–water partition coefficient (Wildman–Crippen LogP) is 4.11. The number of esters is 1. The molecule has 2 heterocycles. The fraction of sp³-hybridized carbons (Fsp3) is 0.174. The van der Waals surface area contributed by atoms with Gasteiger partial charge in [-0.2, -0.15) is 0 Å². The van der Waals surface area contributed by atoms with E-state index in [1.807, 2.05) is 12.1 Å². The summed E-state index contributed by atoms with van der Waals surface area (Å²) in [7, 11) is 0. The third-order valence-corrected chi connectivity index (χ3v) is 6.36. The molecule has 1 aliphatic rings. The lowest BCUT2D eigenvalue weighted by atomic mass is 9.96. The van der Waals surface area contributed by atoms with Gasteiger partial charge in [0, 0.05) is 10.0 Å². The van der Waals surface area contributed by atoms with Gasteiger partial charge < -0.3 is 4.74 Å². The molecule has 0 N–H and O–H groups in total. The van der Waals surface area contributed by atoms with Gasteiger partial charge in [-0.3, -0.25) is 9.36 Å². The topological polar surface area (TPSA) is 60.7 Å². The van der Waals surface area contributed by atoms with Gasteiger partial charge in [0.05, 0.1) is 28.5 Å². The third-order valence-electron chi connectivity index (χ3n) is 4.87. The number of carbonyl (C=O) groups is 1. The van der Waals surface area contributed by atoms with Gasteiger partial charge in [0.25, 0.3) is 5.56 Å². The molecule has 1 aromatic heterocycles. The maximum Gasteiger partial charge on any atom is 0.338 e. The van der Waals surface area contributed by atoms with Crippen molar-refractivity contribution in [2.75, 3.05) is 6.61 Å². The molecular weight excluding hydrogens is 455 g/mol. The zero-order valence-electron chi connectivity index (χ0n) is 16.8. The van der Waals surface area contributed by atoms with E-state index in [9.17, 15) is 9.59 Å². The van der Waals surface area contributed by atoms with Crippen molar-refractivity contribution in [2.24, 2.45) is 4.99 Å². The summed E-state index contributed by atoms with van der Waals surface area (Å²) in [6, 6.07) is 13.6. The minimum absolute atomic E-state index is 0.226. The lowest BCUT2D eigenvalue weighted by Gasteiger charge is -2.24. The smallest absolute Gasteiger partial charge is 0.338 e. The van der Waals surface area contributed by atoms with E-state index in [1.54, 1.807) is 60.9 Å². The summed E-state index contributed by atoms with van der Waals surface area (Å²) < 4.78 is 7.34. The molecule has 158 valence electrons. The minimum Gasteiger partial charge on any atom is -0.463 e. The largest absolute Gasteiger partial charge is 0.463 e. The van der Waals surface area contributed by atoms with Crippen LogP contribution >= 0.6 is 34.5 Å². The fourth-order valence-electron chi connectivity index (χ4n) is 3.46. The lowest BCUT2D eigenvalue weighted by Crippen LogP contribution is -2.39. The van der Waals surface area contributed by atoms with Crippen molar-refractivity contribution in [1.82, 2.24) is 4.57 Å². The molecule has 0 saturated carbocycles. The molecule has 8 heteroatoms. The number of nitrogens with zero attached hydrogens (tertiary/aromatic N) is 2. The standard InChI is InChI=1S/C23H18Cl2N2O3S/c1-3-30-22(29)19-13(2)26-23-27(20(19)15-6-10-17(25)11-7-15)21(28)18(31-23)12-14-4-8-16(24)9-5-14/h4-12,20H,3H2,1-2H3/b18-12+/t20-/m0/s1. The number of hydrogen-bond donors (Lipinski definition) is 0. The van der Waals surface area contributed by atoms with Gasteiger partial charge in [0.2, 0.25) is 0 Å². The number of rotatable bonds is 4. The first kappa shape index (κ1) is 21.6. The van der Waals surface area contributed by atoms with Gasteiger partial charge in [-0.05, 0) is 55.3 Å². The maximum atomic E-state index is 13.4. The van der Waals surface area contributed by atoms with Crippen LogP contribution in [0.15, 0.2) is 69.6 Å². The summed E-state index contributed by atoms with van der Waals surface area (Å²) in [4.78, 5) is 31.3. The number of hydrogen-bond acceptors (Lipinski definition) is 5. The molecular formula is C23H18Cl2N2O3S. The Hall–Kier alpha value is -2.67. The monoisotopic (exact) mass is 472 g/mol. The zero-order chi connectivity index (χ0) is 22.1. The molecule has 0 fully saturated rings. The Balaban J connectivity index is 1.94. The highest BCUT2D eigenvalue weighted by Crippen LogP contribution is 2.31. The van der Waals surface area contributed by atoms with E-state index in [1.165, 1.54) is 11.3 Å². The molecule has 0 saturated heterocycles. The Kier molecular flexibility index (Phi) is 6.14. The lowest BCUT2D eigenvalue weighted by molar-refractivity contribution is -0.139. The van der Waals surface area contributed by atoms with Crippen LogP contribution in [0.2, 0.25) is 10.0 Å². The second-order valence-electron chi connectivity index (χ2n) is 6.91. The highest BCUT2D eigenvalue weighted by Gasteiger charge is 2.33. The first-order valence-electron chi connectivity index (χ1n) is 9.59. The van der Waals surface area contributed by atoms with Crippen molar-refractivity contribution >= 4 is 46.6 Å². The summed E-state index contributed by atoms with van der Waals surface area (Å²) in [6.45, 7) is 3.72. The molecule has 0 spiro atoms. The molecule has 0 radical (unpaired) electrons. The van der Waals surface area contributed by atoms with Gasteiger partial charge in [0.1, 0.15) is 0 Å². The van der Waals surface area contributed by atoms with Gasteiger partial charge in [0.15, 0.2) is 4.80 Å². The normalized spacial score (nSPS) is 16.1. The Morgan fingerprint density at radius 2 is 1.74 bits per heavy atom. The Labute approximate surface area is 192 Å². The molecule has 2 aromatic carbocycles. The number of fused-ring (bicyclic) bond motifs is 1. The molecule has 1 aliphatic heterocycles. The number of benzene rings is 2. The molecule has 0 aliphatic carbocycles. The zero-order valence-corrected chi connectivity index (χ0v) is 19.1. The van der Waals surface area contributed by atoms with Crippen LogP contribution in [-0.4, -0.2) is 17.1 Å². The van der Waals surface area contributed by atoms with Crippen LogP contribution in [0.25, 0.3) is 6.08 Å². The van der Waals surface area contributed by atoms with Crippen LogP contribution in [0.5, 0.6) is 0 Å². The van der Waals surface area contributed by atoms with Crippen molar-refractivity contribution in [1.29, 1.82) is 0 Å². The van der Waals surface area contributed by atoms with Crippen molar-refractivity contribution in [3.8, 4) is 0 Å². The highest BCUT2D eigenvalue weighted by molar-refractivity contribution is 7.07. The summed E-state index contributed by atoms with van der Waals surface area (Å²) in [6.07, 6.45) is 1.79. The van der Waals surface area contributed by atoms with E-state index >= 15 is 0 Å². The van der Waals surface area contributed by atoms with Gasteiger partial charge in [-0.1, -0.05) is 58.8 Å². The Morgan fingerprint density at radius 1 is 1.13 bits per heavy atom. The van der Waals surface area contributed by atoms with Crippen molar-refractivity contribution in [3.63, 3.8) is 0 Å². The first-order chi connectivity index (χ1) is 14.9. The Morgan fingerprint density at radius 3 is 2.35 bits per heavy atom. The van der Waals surface area contributed by atoms with E-state index in [0.717, 1.165) is 11.1 Å². The van der Waals surface area contributed by atoms with Gasteiger partial charge in [-0.15, -0.1) is 0 Å². The average molecular weight is 473 g/mol. The number of ether oxygens (including phenoxy) is 1. The number of aromatic nitrogens is 1. The van der Waals surface area contributed by atoms with E-state index in [0.29, 0.717) is 30.6 Å². The van der Waals surface area contributed by atoms with Crippen LogP contribution < -0.4 is 14.9 Å². The maximum absolute atomic E-state index is 13.4. The summed E-state index contributed by atoms with van der Waals surface area (Å²) in [5.41, 5.74) is 2.24. The van der Waals surface area contributed by atoms with Gasteiger partial charge >= 0.3 is 5.97 Å². The fourth-order valence-corrected chi connectivity index (χ4v) is 4.76. The second kappa shape index (κ2) is 8.83. The Bertz CT molecular complexity index is 1350. The number of carbonyl (C=O) groups excluding carboxylic acids is 1. The molecule has 4 rings (SSSR count). The number of allylic oxidation sites excluding steroid dienone is 1. The molecule has 3 aromatic rings. The average Bonchev–Trinajstić information content (AvgIpc) is 3.04.